The molecular formula is C14H14ClNO. The molecule has 2 aromatic carbocycles. The first kappa shape index (κ1) is 11.8. The highest BCUT2D eigenvalue weighted by Crippen LogP contribution is 2.31. The highest BCUT2D eigenvalue weighted by molar-refractivity contribution is 6.32. The van der Waals surface area contributed by atoms with E-state index in [0.717, 1.165) is 5.56 Å². The SMILES string of the molecule is Cc1ccc(COc2c(N)cccc2Cl)cc1. The Morgan fingerprint density at radius 3 is 2.47 bits per heavy atom. The van der Waals surface area contributed by atoms with Crippen molar-refractivity contribution in [1.82, 2.24) is 0 Å². The van der Waals surface area contributed by atoms with Crippen LogP contribution in [0.3, 0.4) is 0 Å². The van der Waals surface area contributed by atoms with E-state index < -0.39 is 0 Å². The van der Waals surface area contributed by atoms with Crippen LogP contribution in [0, 0.1) is 6.92 Å². The van der Waals surface area contributed by atoms with Gasteiger partial charge in [0.2, 0.25) is 0 Å². The summed E-state index contributed by atoms with van der Waals surface area (Å²) in [6, 6.07) is 13.5. The van der Waals surface area contributed by atoms with Crippen molar-refractivity contribution in [3.63, 3.8) is 0 Å². The van der Waals surface area contributed by atoms with Crippen LogP contribution in [0.25, 0.3) is 0 Å². The average Bonchev–Trinajstić information content (AvgIpc) is 2.31. The minimum Gasteiger partial charge on any atom is -0.485 e. The standard InChI is InChI=1S/C14H14ClNO/c1-10-5-7-11(8-6-10)9-17-14-12(15)3-2-4-13(14)16/h2-8H,9,16H2,1H3. The van der Waals surface area contributed by atoms with Crippen molar-refractivity contribution < 1.29 is 4.74 Å². The average molecular weight is 248 g/mol. The summed E-state index contributed by atoms with van der Waals surface area (Å²) in [6.45, 7) is 2.52. The Bertz CT molecular complexity index is 488. The highest BCUT2D eigenvalue weighted by Gasteiger charge is 2.05. The van der Waals surface area contributed by atoms with Gasteiger partial charge in [-0.3, -0.25) is 0 Å². The van der Waals surface area contributed by atoms with E-state index >= 15 is 0 Å². The van der Waals surface area contributed by atoms with E-state index in [-0.39, 0.29) is 0 Å². The molecule has 2 nitrogen and oxygen atoms in total. The lowest BCUT2D eigenvalue weighted by molar-refractivity contribution is 0.308. The quantitative estimate of drug-likeness (QED) is 0.837. The summed E-state index contributed by atoms with van der Waals surface area (Å²) in [4.78, 5) is 0. The summed E-state index contributed by atoms with van der Waals surface area (Å²) < 4.78 is 5.64. The van der Waals surface area contributed by atoms with Gasteiger partial charge in [-0.15, -0.1) is 0 Å². The molecule has 0 aliphatic rings. The molecule has 0 saturated carbocycles. The zero-order valence-electron chi connectivity index (χ0n) is 9.61. The molecule has 0 amide bonds. The lowest BCUT2D eigenvalue weighted by atomic mass is 10.2. The van der Waals surface area contributed by atoms with Crippen molar-refractivity contribution >= 4 is 17.3 Å². The molecule has 0 heterocycles. The number of rotatable bonds is 3. The summed E-state index contributed by atoms with van der Waals surface area (Å²) in [5.41, 5.74) is 8.68. The number of benzene rings is 2. The number of hydrogen-bond donors (Lipinski definition) is 1. The second-order valence-electron chi connectivity index (χ2n) is 3.93. The molecule has 0 aromatic heterocycles. The predicted octanol–water partition coefficient (Wildman–Crippen LogP) is 3.81. The maximum atomic E-state index is 6.02. The molecule has 17 heavy (non-hydrogen) atoms. The van der Waals surface area contributed by atoms with E-state index in [9.17, 15) is 0 Å². The Balaban J connectivity index is 2.10. The second-order valence-corrected chi connectivity index (χ2v) is 4.34. The number of halogens is 1. The zero-order valence-corrected chi connectivity index (χ0v) is 10.4. The monoisotopic (exact) mass is 247 g/mol. The molecule has 2 rings (SSSR count). The maximum absolute atomic E-state index is 6.02. The van der Waals surface area contributed by atoms with E-state index in [1.807, 2.05) is 12.1 Å². The lowest BCUT2D eigenvalue weighted by Crippen LogP contribution is -1.99. The summed E-state index contributed by atoms with van der Waals surface area (Å²) in [7, 11) is 0. The van der Waals surface area contributed by atoms with Crippen LogP contribution in [0.1, 0.15) is 11.1 Å². The van der Waals surface area contributed by atoms with Crippen LogP contribution >= 0.6 is 11.6 Å². The first-order chi connectivity index (χ1) is 8.16. The van der Waals surface area contributed by atoms with Gasteiger partial charge in [-0.2, -0.15) is 0 Å². The number of nitrogen functional groups attached to an aromatic ring is 1. The summed E-state index contributed by atoms with van der Waals surface area (Å²) >= 11 is 6.02. The smallest absolute Gasteiger partial charge is 0.161 e. The van der Waals surface area contributed by atoms with Crippen molar-refractivity contribution in [2.45, 2.75) is 13.5 Å². The largest absolute Gasteiger partial charge is 0.485 e. The zero-order chi connectivity index (χ0) is 12.3. The Morgan fingerprint density at radius 2 is 1.82 bits per heavy atom. The van der Waals surface area contributed by atoms with Crippen LogP contribution < -0.4 is 10.5 Å². The summed E-state index contributed by atoms with van der Waals surface area (Å²) in [5.74, 6) is 0.551. The maximum Gasteiger partial charge on any atom is 0.161 e. The molecule has 0 saturated heterocycles. The Morgan fingerprint density at radius 1 is 1.12 bits per heavy atom. The van der Waals surface area contributed by atoms with Crippen molar-refractivity contribution in [2.24, 2.45) is 0 Å². The van der Waals surface area contributed by atoms with Gasteiger partial charge in [-0.05, 0) is 24.6 Å². The Kier molecular flexibility index (Phi) is 3.55. The molecule has 0 aliphatic carbocycles. The molecule has 0 spiro atoms. The van der Waals surface area contributed by atoms with Crippen molar-refractivity contribution in [3.8, 4) is 5.75 Å². The van der Waals surface area contributed by atoms with Crippen LogP contribution in [0.15, 0.2) is 42.5 Å². The summed E-state index contributed by atoms with van der Waals surface area (Å²) in [5, 5.41) is 0.539. The van der Waals surface area contributed by atoms with E-state index in [2.05, 4.69) is 19.1 Å². The normalized spacial score (nSPS) is 10.2. The third-order valence-corrected chi connectivity index (χ3v) is 2.80. The van der Waals surface area contributed by atoms with Gasteiger partial charge in [0.05, 0.1) is 10.7 Å². The number of nitrogens with two attached hydrogens (primary N) is 1. The van der Waals surface area contributed by atoms with Crippen molar-refractivity contribution in [3.05, 3.63) is 58.6 Å². The number of para-hydroxylation sites is 1. The van der Waals surface area contributed by atoms with Crippen LogP contribution in [0.2, 0.25) is 5.02 Å². The second kappa shape index (κ2) is 5.11. The highest BCUT2D eigenvalue weighted by atomic mass is 35.5. The fourth-order valence-electron chi connectivity index (χ4n) is 1.52. The van der Waals surface area contributed by atoms with E-state index in [4.69, 9.17) is 22.1 Å². The first-order valence-corrected chi connectivity index (χ1v) is 5.77. The van der Waals surface area contributed by atoms with Gasteiger partial charge >= 0.3 is 0 Å². The molecule has 0 bridgehead atoms. The number of hydrogen-bond acceptors (Lipinski definition) is 2. The third-order valence-electron chi connectivity index (χ3n) is 2.50. The minimum absolute atomic E-state index is 0.466. The first-order valence-electron chi connectivity index (χ1n) is 5.39. The number of anilines is 1. The van der Waals surface area contributed by atoms with Gasteiger partial charge < -0.3 is 10.5 Å². The molecule has 0 fully saturated rings. The van der Waals surface area contributed by atoms with Crippen molar-refractivity contribution in [2.75, 3.05) is 5.73 Å². The van der Waals surface area contributed by atoms with Gasteiger partial charge in [-0.1, -0.05) is 47.5 Å². The van der Waals surface area contributed by atoms with Crippen LogP contribution in [0.4, 0.5) is 5.69 Å². The molecule has 88 valence electrons. The van der Waals surface area contributed by atoms with Crippen molar-refractivity contribution in [1.29, 1.82) is 0 Å². The Hall–Kier alpha value is -1.67. The lowest BCUT2D eigenvalue weighted by Gasteiger charge is -2.10. The minimum atomic E-state index is 0.466. The molecule has 0 aliphatic heterocycles. The predicted molar refractivity (Wildman–Crippen MR) is 71.4 cm³/mol. The van der Waals surface area contributed by atoms with Crippen LogP contribution in [-0.2, 0) is 6.61 Å². The molecule has 3 heteroatoms. The number of aryl methyl sites for hydroxylation is 1. The topological polar surface area (TPSA) is 35.2 Å². The molecule has 2 aromatic rings. The van der Waals surface area contributed by atoms with E-state index in [1.165, 1.54) is 5.56 Å². The molecule has 0 atom stereocenters. The fraction of sp³-hybridized carbons (Fsp3) is 0.143. The van der Waals surface area contributed by atoms with Gasteiger partial charge in [0.1, 0.15) is 6.61 Å². The van der Waals surface area contributed by atoms with E-state index in [0.29, 0.717) is 23.1 Å². The molecule has 2 N–H and O–H groups in total. The van der Waals surface area contributed by atoms with Gasteiger partial charge in [-0.25, -0.2) is 0 Å². The van der Waals surface area contributed by atoms with Gasteiger partial charge in [0, 0.05) is 0 Å². The molecule has 0 unspecified atom stereocenters. The van der Waals surface area contributed by atoms with Crippen LogP contribution in [-0.4, -0.2) is 0 Å². The summed E-state index contributed by atoms with van der Waals surface area (Å²) in [6.07, 6.45) is 0. The Labute approximate surface area is 106 Å². The van der Waals surface area contributed by atoms with E-state index in [1.54, 1.807) is 18.2 Å². The fourth-order valence-corrected chi connectivity index (χ4v) is 1.75. The van der Waals surface area contributed by atoms with Crippen LogP contribution in [0.5, 0.6) is 5.75 Å². The number of ether oxygens (including phenoxy) is 1. The molecule has 0 radical (unpaired) electrons. The van der Waals surface area contributed by atoms with Gasteiger partial charge in [0.25, 0.3) is 0 Å². The third kappa shape index (κ3) is 2.92. The molecular weight excluding hydrogens is 234 g/mol. The van der Waals surface area contributed by atoms with Gasteiger partial charge in [0.15, 0.2) is 5.75 Å².